The SMILES string of the molecule is COC(=O)CSCCC(=O)N1CCN(CCCc2nc(-c3ccc(C)cc3)no2)CC1. The Morgan fingerprint density at radius 1 is 1.16 bits per heavy atom. The molecule has 0 spiro atoms. The number of esters is 1. The summed E-state index contributed by atoms with van der Waals surface area (Å²) in [5, 5.41) is 4.08. The lowest BCUT2D eigenvalue weighted by atomic mass is 10.1. The molecule has 0 atom stereocenters. The zero-order valence-electron chi connectivity index (χ0n) is 18.2. The van der Waals surface area contributed by atoms with Gasteiger partial charge in [-0.2, -0.15) is 4.98 Å². The summed E-state index contributed by atoms with van der Waals surface area (Å²) in [5.41, 5.74) is 2.16. The van der Waals surface area contributed by atoms with Gasteiger partial charge >= 0.3 is 5.97 Å². The van der Waals surface area contributed by atoms with E-state index in [0.29, 0.717) is 29.6 Å². The minimum atomic E-state index is -0.252. The molecular weight excluding hydrogens is 416 g/mol. The van der Waals surface area contributed by atoms with Crippen molar-refractivity contribution in [2.24, 2.45) is 0 Å². The molecule has 1 amide bonds. The standard InChI is InChI=1S/C22H30N4O4S/c1-17-5-7-18(8-6-17)22-23-19(30-24-22)4-3-10-25-11-13-26(14-12-25)20(27)9-15-31-16-21(28)29-2/h5-8H,3-4,9-16H2,1-2H3. The minimum Gasteiger partial charge on any atom is -0.468 e. The fraction of sp³-hybridized carbons (Fsp3) is 0.545. The molecule has 1 saturated heterocycles. The van der Waals surface area contributed by atoms with Crippen molar-refractivity contribution < 1.29 is 18.8 Å². The molecule has 0 radical (unpaired) electrons. The first-order chi connectivity index (χ1) is 15.0. The van der Waals surface area contributed by atoms with E-state index in [2.05, 4.69) is 19.8 Å². The maximum atomic E-state index is 12.3. The smallest absolute Gasteiger partial charge is 0.315 e. The number of aromatic nitrogens is 2. The molecule has 1 aliphatic heterocycles. The number of benzene rings is 1. The van der Waals surface area contributed by atoms with Crippen LogP contribution < -0.4 is 0 Å². The Morgan fingerprint density at radius 2 is 1.90 bits per heavy atom. The van der Waals surface area contributed by atoms with E-state index in [1.54, 1.807) is 0 Å². The second-order valence-corrected chi connectivity index (χ2v) is 8.69. The van der Waals surface area contributed by atoms with Gasteiger partial charge in [0.2, 0.25) is 17.6 Å². The molecule has 1 aromatic carbocycles. The van der Waals surface area contributed by atoms with Crippen LogP contribution in [0.1, 0.15) is 24.3 Å². The number of amides is 1. The Bertz CT molecular complexity index is 847. The number of thioether (sulfide) groups is 1. The van der Waals surface area contributed by atoms with Gasteiger partial charge in [-0.25, -0.2) is 0 Å². The number of hydrogen-bond donors (Lipinski definition) is 0. The molecule has 8 nitrogen and oxygen atoms in total. The van der Waals surface area contributed by atoms with Crippen molar-refractivity contribution in [3.63, 3.8) is 0 Å². The number of nitrogens with zero attached hydrogens (tertiary/aromatic N) is 4. The summed E-state index contributed by atoms with van der Waals surface area (Å²) in [6, 6.07) is 8.08. The van der Waals surface area contributed by atoms with Crippen molar-refractivity contribution >= 4 is 23.6 Å². The number of aryl methyl sites for hydroxylation is 2. The number of carbonyl (C=O) groups excluding carboxylic acids is 2. The molecule has 0 saturated carbocycles. The predicted molar refractivity (Wildman–Crippen MR) is 120 cm³/mol. The lowest BCUT2D eigenvalue weighted by molar-refractivity contribution is -0.137. The average Bonchev–Trinajstić information content (AvgIpc) is 3.26. The van der Waals surface area contributed by atoms with Crippen LogP contribution in [0.2, 0.25) is 0 Å². The van der Waals surface area contributed by atoms with Crippen molar-refractivity contribution in [2.45, 2.75) is 26.2 Å². The van der Waals surface area contributed by atoms with Crippen LogP contribution in [0.5, 0.6) is 0 Å². The second kappa shape index (κ2) is 11.9. The van der Waals surface area contributed by atoms with E-state index in [9.17, 15) is 9.59 Å². The normalized spacial score (nSPS) is 14.6. The highest BCUT2D eigenvalue weighted by Gasteiger charge is 2.20. The summed E-state index contributed by atoms with van der Waals surface area (Å²) in [7, 11) is 1.37. The molecule has 0 N–H and O–H groups in total. The van der Waals surface area contributed by atoms with E-state index in [4.69, 9.17) is 4.52 Å². The Balaban J connectivity index is 1.31. The zero-order chi connectivity index (χ0) is 22.1. The lowest BCUT2D eigenvalue weighted by Crippen LogP contribution is -2.49. The topological polar surface area (TPSA) is 88.8 Å². The molecule has 0 aliphatic carbocycles. The number of carbonyl (C=O) groups is 2. The molecule has 3 rings (SSSR count). The van der Waals surface area contributed by atoms with Crippen LogP contribution in [0.3, 0.4) is 0 Å². The predicted octanol–water partition coefficient (Wildman–Crippen LogP) is 2.42. The van der Waals surface area contributed by atoms with Crippen LogP contribution in [-0.2, 0) is 20.7 Å². The third-order valence-corrected chi connectivity index (χ3v) is 6.21. The van der Waals surface area contributed by atoms with Gasteiger partial charge in [-0.1, -0.05) is 35.0 Å². The van der Waals surface area contributed by atoms with Gasteiger partial charge in [-0.15, -0.1) is 11.8 Å². The van der Waals surface area contributed by atoms with Crippen LogP contribution in [0.4, 0.5) is 0 Å². The van der Waals surface area contributed by atoms with E-state index in [1.165, 1.54) is 24.4 Å². The Kier molecular flexibility index (Phi) is 8.90. The average molecular weight is 447 g/mol. The number of hydrogen-bond acceptors (Lipinski definition) is 8. The Hall–Kier alpha value is -2.39. The summed E-state index contributed by atoms with van der Waals surface area (Å²) in [6.07, 6.45) is 2.14. The summed E-state index contributed by atoms with van der Waals surface area (Å²) < 4.78 is 9.99. The van der Waals surface area contributed by atoms with Crippen molar-refractivity contribution in [3.05, 3.63) is 35.7 Å². The number of ether oxygens (including phenoxy) is 1. The van der Waals surface area contributed by atoms with E-state index in [0.717, 1.165) is 51.1 Å². The minimum absolute atomic E-state index is 0.159. The summed E-state index contributed by atoms with van der Waals surface area (Å²) >= 11 is 1.44. The molecule has 168 valence electrons. The molecule has 0 unspecified atom stereocenters. The third-order valence-electron chi connectivity index (χ3n) is 5.28. The number of piperazine rings is 1. The first kappa shape index (κ1) is 23.3. The largest absolute Gasteiger partial charge is 0.468 e. The number of rotatable bonds is 10. The van der Waals surface area contributed by atoms with Crippen molar-refractivity contribution in [1.82, 2.24) is 19.9 Å². The highest BCUT2D eigenvalue weighted by molar-refractivity contribution is 7.99. The fourth-order valence-corrected chi connectivity index (χ4v) is 4.13. The molecule has 1 fully saturated rings. The van der Waals surface area contributed by atoms with E-state index >= 15 is 0 Å². The fourth-order valence-electron chi connectivity index (χ4n) is 3.38. The Morgan fingerprint density at radius 3 is 2.61 bits per heavy atom. The molecule has 1 aromatic heterocycles. The van der Waals surface area contributed by atoms with Crippen molar-refractivity contribution in [1.29, 1.82) is 0 Å². The van der Waals surface area contributed by atoms with Gasteiger partial charge in [0.1, 0.15) is 0 Å². The number of methoxy groups -OCH3 is 1. The van der Waals surface area contributed by atoms with E-state index < -0.39 is 0 Å². The molecule has 0 bridgehead atoms. The first-order valence-corrected chi connectivity index (χ1v) is 11.7. The molecule has 1 aliphatic rings. The summed E-state index contributed by atoms with van der Waals surface area (Å²) in [4.78, 5) is 32.2. The highest BCUT2D eigenvalue weighted by Crippen LogP contribution is 2.17. The molecule has 31 heavy (non-hydrogen) atoms. The summed E-state index contributed by atoms with van der Waals surface area (Å²) in [6.45, 7) is 6.24. The van der Waals surface area contributed by atoms with Crippen LogP contribution in [0, 0.1) is 6.92 Å². The van der Waals surface area contributed by atoms with Gasteiger partial charge < -0.3 is 14.2 Å². The van der Waals surface area contributed by atoms with Gasteiger partial charge in [0.15, 0.2) is 0 Å². The molecule has 9 heteroatoms. The van der Waals surface area contributed by atoms with Gasteiger partial charge in [0.05, 0.1) is 12.9 Å². The van der Waals surface area contributed by atoms with Crippen molar-refractivity contribution in [3.8, 4) is 11.4 Å². The maximum absolute atomic E-state index is 12.3. The second-order valence-electron chi connectivity index (χ2n) is 7.58. The monoisotopic (exact) mass is 446 g/mol. The van der Waals surface area contributed by atoms with Gasteiger partial charge in [0.25, 0.3) is 0 Å². The highest BCUT2D eigenvalue weighted by atomic mass is 32.2. The maximum Gasteiger partial charge on any atom is 0.315 e. The van der Waals surface area contributed by atoms with E-state index in [1.807, 2.05) is 36.1 Å². The Labute approximate surface area is 187 Å². The van der Waals surface area contributed by atoms with Crippen LogP contribution in [0.15, 0.2) is 28.8 Å². The summed E-state index contributed by atoms with van der Waals surface area (Å²) in [5.74, 6) is 2.14. The molecular formula is C22H30N4O4S. The first-order valence-electron chi connectivity index (χ1n) is 10.6. The molecule has 2 heterocycles. The van der Waals surface area contributed by atoms with Gasteiger partial charge in [-0.05, 0) is 19.9 Å². The van der Waals surface area contributed by atoms with Crippen LogP contribution in [-0.4, -0.2) is 83.2 Å². The third kappa shape index (κ3) is 7.36. The quantitative estimate of drug-likeness (QED) is 0.406. The molecule has 2 aromatic rings. The van der Waals surface area contributed by atoms with Crippen LogP contribution in [0.25, 0.3) is 11.4 Å². The van der Waals surface area contributed by atoms with Crippen LogP contribution >= 0.6 is 11.8 Å². The lowest BCUT2D eigenvalue weighted by Gasteiger charge is -2.34. The zero-order valence-corrected chi connectivity index (χ0v) is 19.0. The van der Waals surface area contributed by atoms with Gasteiger partial charge in [0, 0.05) is 50.3 Å². The van der Waals surface area contributed by atoms with E-state index in [-0.39, 0.29) is 11.9 Å². The van der Waals surface area contributed by atoms with Gasteiger partial charge in [-0.3, -0.25) is 14.5 Å². The van der Waals surface area contributed by atoms with Crippen molar-refractivity contribution in [2.75, 3.05) is 51.3 Å².